The number of fused-ring (bicyclic) bond motifs is 2. The van der Waals surface area contributed by atoms with Crippen LogP contribution < -0.4 is 10.9 Å². The van der Waals surface area contributed by atoms with Gasteiger partial charge in [-0.25, -0.2) is 0 Å². The fraction of sp³-hybridized carbons (Fsp3) is 0.238. The maximum absolute atomic E-state index is 12.8. The summed E-state index contributed by atoms with van der Waals surface area (Å²) in [6.45, 7) is 4.24. The summed E-state index contributed by atoms with van der Waals surface area (Å²) in [5.41, 5.74) is 0.984. The lowest BCUT2D eigenvalue weighted by Gasteiger charge is -2.19. The normalized spacial score (nSPS) is 15.1. The minimum atomic E-state index is -3.99. The number of sulfonamides is 1. The molecule has 0 spiro atoms. The number of aromatic amines is 1. The fourth-order valence-corrected chi connectivity index (χ4v) is 4.58. The van der Waals surface area contributed by atoms with Gasteiger partial charge >= 0.3 is 0 Å². The number of aromatic hydroxyl groups is 1. The van der Waals surface area contributed by atoms with Gasteiger partial charge in [-0.1, -0.05) is 38.1 Å². The first-order chi connectivity index (χ1) is 13.8. The Kier molecular flexibility index (Phi) is 4.66. The van der Waals surface area contributed by atoms with Gasteiger partial charge < -0.3 is 15.4 Å². The third-order valence-electron chi connectivity index (χ3n) is 4.97. The average Bonchev–Trinajstić information content (AvgIpc) is 2.66. The minimum Gasteiger partial charge on any atom is -0.506 e. The van der Waals surface area contributed by atoms with Crippen LogP contribution in [-0.4, -0.2) is 24.3 Å². The van der Waals surface area contributed by atoms with Gasteiger partial charge in [0.15, 0.2) is 5.84 Å². The molecule has 0 radical (unpaired) electrons. The molecular formula is C21H21N3O4S. The van der Waals surface area contributed by atoms with E-state index in [1.165, 1.54) is 6.07 Å². The van der Waals surface area contributed by atoms with Crippen LogP contribution in [0, 0.1) is 5.92 Å². The standard InChI is InChI=1S/C21H21N3O4S/c1-12(2)10-11-13-6-5-7-14-18(13)23-21(26)17(19(14)25)20-22-15-8-3-4-9-16(15)29(27,28)24-20/h3-9,12H,10-11H2,1-2H3,(H,22,24)(H2,23,25,26). The van der Waals surface area contributed by atoms with Gasteiger partial charge in [0.1, 0.15) is 16.2 Å². The molecule has 0 saturated carbocycles. The Morgan fingerprint density at radius 3 is 2.62 bits per heavy atom. The summed E-state index contributed by atoms with van der Waals surface area (Å²) in [4.78, 5) is 15.7. The number of anilines is 1. The van der Waals surface area contributed by atoms with Gasteiger partial charge in [-0.05, 0) is 42.5 Å². The number of nitrogens with one attached hydrogen (secondary N) is 2. The first-order valence-electron chi connectivity index (χ1n) is 9.36. The van der Waals surface area contributed by atoms with Crippen molar-refractivity contribution in [3.05, 3.63) is 63.9 Å². The van der Waals surface area contributed by atoms with Gasteiger partial charge in [-0.2, -0.15) is 8.42 Å². The highest BCUT2D eigenvalue weighted by Crippen LogP contribution is 2.32. The first-order valence-corrected chi connectivity index (χ1v) is 10.8. The molecule has 2 aromatic carbocycles. The van der Waals surface area contributed by atoms with E-state index >= 15 is 0 Å². The van der Waals surface area contributed by atoms with Gasteiger partial charge in [0.25, 0.3) is 15.6 Å². The number of aryl methyl sites for hydroxylation is 1. The molecule has 29 heavy (non-hydrogen) atoms. The number of benzene rings is 2. The Labute approximate surface area is 168 Å². The Bertz CT molecular complexity index is 1310. The van der Waals surface area contributed by atoms with Crippen LogP contribution in [0.25, 0.3) is 10.9 Å². The molecule has 0 bridgehead atoms. The van der Waals surface area contributed by atoms with Crippen molar-refractivity contribution < 1.29 is 13.5 Å². The lowest BCUT2D eigenvalue weighted by Crippen LogP contribution is -2.28. The number of aromatic nitrogens is 1. The van der Waals surface area contributed by atoms with Crippen LogP contribution in [-0.2, 0) is 16.4 Å². The van der Waals surface area contributed by atoms with Crippen molar-refractivity contribution in [1.82, 2.24) is 4.98 Å². The first kappa shape index (κ1) is 19.2. The van der Waals surface area contributed by atoms with E-state index in [0.29, 0.717) is 22.5 Å². The molecule has 0 atom stereocenters. The zero-order valence-electron chi connectivity index (χ0n) is 16.1. The Balaban J connectivity index is 1.88. The van der Waals surface area contributed by atoms with Crippen LogP contribution >= 0.6 is 0 Å². The fourth-order valence-electron chi connectivity index (χ4n) is 3.46. The third kappa shape index (κ3) is 3.40. The van der Waals surface area contributed by atoms with Crippen LogP contribution in [0.5, 0.6) is 5.75 Å². The van der Waals surface area contributed by atoms with E-state index in [9.17, 15) is 18.3 Å². The molecule has 1 aliphatic heterocycles. The second kappa shape index (κ2) is 7.04. The molecule has 0 aliphatic carbocycles. The number of pyridine rings is 1. The summed E-state index contributed by atoms with van der Waals surface area (Å²) >= 11 is 0. The lowest BCUT2D eigenvalue weighted by atomic mass is 9.99. The predicted molar refractivity (Wildman–Crippen MR) is 113 cm³/mol. The third-order valence-corrected chi connectivity index (χ3v) is 6.30. The Morgan fingerprint density at radius 2 is 1.86 bits per heavy atom. The Hall–Kier alpha value is -3.13. The molecule has 0 saturated heterocycles. The quantitative estimate of drug-likeness (QED) is 0.609. The van der Waals surface area contributed by atoms with Crippen molar-refractivity contribution in [1.29, 1.82) is 0 Å². The second-order valence-electron chi connectivity index (χ2n) is 7.49. The molecule has 0 fully saturated rings. The van der Waals surface area contributed by atoms with E-state index in [2.05, 4.69) is 28.5 Å². The largest absolute Gasteiger partial charge is 0.506 e. The topological polar surface area (TPSA) is 112 Å². The highest BCUT2D eigenvalue weighted by Gasteiger charge is 2.28. The number of para-hydroxylation sites is 2. The van der Waals surface area contributed by atoms with Crippen LogP contribution in [0.3, 0.4) is 0 Å². The molecule has 2 heterocycles. The van der Waals surface area contributed by atoms with Crippen molar-refractivity contribution in [2.75, 3.05) is 5.32 Å². The monoisotopic (exact) mass is 411 g/mol. The van der Waals surface area contributed by atoms with E-state index in [-0.39, 0.29) is 22.0 Å². The van der Waals surface area contributed by atoms with Crippen molar-refractivity contribution in [3.8, 4) is 5.75 Å². The van der Waals surface area contributed by atoms with E-state index in [1.54, 1.807) is 24.3 Å². The molecule has 150 valence electrons. The van der Waals surface area contributed by atoms with Crippen LogP contribution in [0.1, 0.15) is 31.4 Å². The zero-order chi connectivity index (χ0) is 20.8. The Morgan fingerprint density at radius 1 is 1.10 bits per heavy atom. The maximum atomic E-state index is 12.8. The molecule has 0 amide bonds. The average molecular weight is 411 g/mol. The van der Waals surface area contributed by atoms with E-state index < -0.39 is 15.6 Å². The minimum absolute atomic E-state index is 0.0245. The number of rotatable bonds is 4. The molecule has 7 nitrogen and oxygen atoms in total. The van der Waals surface area contributed by atoms with Gasteiger partial charge in [0, 0.05) is 5.39 Å². The smallest absolute Gasteiger partial charge is 0.286 e. The summed E-state index contributed by atoms with van der Waals surface area (Å²) < 4.78 is 28.8. The summed E-state index contributed by atoms with van der Waals surface area (Å²) in [6, 6.07) is 11.7. The number of nitrogens with zero attached hydrogens (tertiary/aromatic N) is 1. The van der Waals surface area contributed by atoms with Gasteiger partial charge in [-0.3, -0.25) is 4.79 Å². The van der Waals surface area contributed by atoms with E-state index in [4.69, 9.17) is 0 Å². The summed E-state index contributed by atoms with van der Waals surface area (Å²) in [5, 5.41) is 14.2. The molecule has 3 N–H and O–H groups in total. The molecular weight excluding hydrogens is 390 g/mol. The molecule has 3 aromatic rings. The van der Waals surface area contributed by atoms with Crippen LogP contribution in [0.4, 0.5) is 5.69 Å². The zero-order valence-corrected chi connectivity index (χ0v) is 16.9. The van der Waals surface area contributed by atoms with Crippen molar-refractivity contribution in [3.63, 3.8) is 0 Å². The summed E-state index contributed by atoms with van der Waals surface area (Å²) in [5.74, 6) is 0.00355. The predicted octanol–water partition coefficient (Wildman–Crippen LogP) is 3.38. The van der Waals surface area contributed by atoms with E-state index in [1.807, 2.05) is 12.1 Å². The van der Waals surface area contributed by atoms with Crippen LogP contribution in [0.2, 0.25) is 0 Å². The number of hydrogen-bond donors (Lipinski definition) is 3. The second-order valence-corrected chi connectivity index (χ2v) is 9.06. The van der Waals surface area contributed by atoms with Crippen molar-refractivity contribution in [2.24, 2.45) is 10.3 Å². The highest BCUT2D eigenvalue weighted by molar-refractivity contribution is 7.90. The van der Waals surface area contributed by atoms with E-state index in [0.717, 1.165) is 18.4 Å². The van der Waals surface area contributed by atoms with Gasteiger partial charge in [-0.15, -0.1) is 4.40 Å². The molecule has 1 aliphatic rings. The highest BCUT2D eigenvalue weighted by atomic mass is 32.2. The molecule has 1 aromatic heterocycles. The summed E-state index contributed by atoms with van der Waals surface area (Å²) in [6.07, 6.45) is 1.69. The lowest BCUT2D eigenvalue weighted by molar-refractivity contribution is 0.479. The number of amidine groups is 1. The number of H-pyrrole nitrogens is 1. The van der Waals surface area contributed by atoms with Gasteiger partial charge in [0.05, 0.1) is 11.2 Å². The SMILES string of the molecule is CC(C)CCc1cccc2c(O)c(C3=NS(=O)(=O)c4ccccc4N3)c(=O)[nH]c12. The number of hydrogen-bond acceptors (Lipinski definition) is 5. The van der Waals surface area contributed by atoms with Crippen molar-refractivity contribution in [2.45, 2.75) is 31.6 Å². The van der Waals surface area contributed by atoms with Crippen molar-refractivity contribution >= 4 is 32.4 Å². The molecule has 4 rings (SSSR count). The summed E-state index contributed by atoms with van der Waals surface area (Å²) in [7, 11) is -3.99. The maximum Gasteiger partial charge on any atom is 0.286 e. The van der Waals surface area contributed by atoms with Gasteiger partial charge in [0.2, 0.25) is 0 Å². The molecule has 0 unspecified atom stereocenters. The molecule has 8 heteroatoms. The van der Waals surface area contributed by atoms with Crippen LogP contribution in [0.15, 0.2) is 56.6 Å².